The van der Waals surface area contributed by atoms with E-state index in [1.54, 1.807) is 11.3 Å². The number of nitrogens with zero attached hydrogens (tertiary/aromatic N) is 2. The number of primary amides is 1. The van der Waals surface area contributed by atoms with Gasteiger partial charge in [0.1, 0.15) is 5.01 Å². The van der Waals surface area contributed by atoms with Crippen LogP contribution in [0.15, 0.2) is 29.6 Å². The van der Waals surface area contributed by atoms with Crippen molar-refractivity contribution in [1.29, 1.82) is 0 Å². The van der Waals surface area contributed by atoms with Crippen LogP contribution in [0.3, 0.4) is 0 Å². The van der Waals surface area contributed by atoms with Gasteiger partial charge in [0.25, 0.3) is 0 Å². The number of hydrogen-bond acceptors (Lipinski definition) is 4. The molecule has 1 saturated heterocycles. The lowest BCUT2D eigenvalue weighted by Gasteiger charge is -2.29. The number of nitrogens with two attached hydrogens (primary N) is 1. The molecule has 1 aromatic heterocycles. The molecule has 5 heteroatoms. The maximum absolute atomic E-state index is 11.2. The molecule has 0 aliphatic carbocycles. The highest BCUT2D eigenvalue weighted by atomic mass is 32.1. The predicted molar refractivity (Wildman–Crippen MR) is 98.8 cm³/mol. The molecule has 2 heterocycles. The first kappa shape index (κ1) is 17.1. The predicted octanol–water partition coefficient (Wildman–Crippen LogP) is 3.63. The number of amides is 1. The number of carbonyl (C=O) groups excluding carboxylic acids is 1. The zero-order valence-electron chi connectivity index (χ0n) is 14.4. The van der Waals surface area contributed by atoms with Crippen molar-refractivity contribution >= 4 is 17.2 Å². The molecule has 1 aliphatic heterocycles. The highest BCUT2D eigenvalue weighted by Gasteiger charge is 2.23. The Morgan fingerprint density at radius 1 is 1.29 bits per heavy atom. The first-order valence-corrected chi connectivity index (χ1v) is 9.47. The molecule has 3 rings (SSSR count). The van der Waals surface area contributed by atoms with Gasteiger partial charge in [-0.3, -0.25) is 9.69 Å². The average molecular weight is 343 g/mol. The summed E-state index contributed by atoms with van der Waals surface area (Å²) in [6.07, 6.45) is 1.73. The van der Waals surface area contributed by atoms with E-state index in [2.05, 4.69) is 48.4 Å². The molecule has 0 bridgehead atoms. The van der Waals surface area contributed by atoms with Gasteiger partial charge in [-0.25, -0.2) is 4.98 Å². The van der Waals surface area contributed by atoms with E-state index in [0.717, 1.165) is 43.2 Å². The van der Waals surface area contributed by atoms with E-state index < -0.39 is 0 Å². The number of rotatable bonds is 5. The molecule has 128 valence electrons. The lowest BCUT2D eigenvalue weighted by molar-refractivity contribution is -0.123. The highest BCUT2D eigenvalue weighted by molar-refractivity contribution is 7.13. The van der Waals surface area contributed by atoms with E-state index in [1.807, 2.05) is 0 Å². The van der Waals surface area contributed by atoms with Gasteiger partial charge in [0, 0.05) is 23.4 Å². The molecule has 1 fully saturated rings. The number of likely N-dealkylation sites (tertiary alicyclic amines) is 1. The van der Waals surface area contributed by atoms with E-state index in [4.69, 9.17) is 10.7 Å². The van der Waals surface area contributed by atoms with Crippen LogP contribution in [-0.4, -0.2) is 28.9 Å². The lowest BCUT2D eigenvalue weighted by Crippen LogP contribution is -2.38. The zero-order chi connectivity index (χ0) is 17.1. The van der Waals surface area contributed by atoms with Gasteiger partial charge in [-0.2, -0.15) is 0 Å². The number of piperidine rings is 1. The van der Waals surface area contributed by atoms with Crippen LogP contribution < -0.4 is 5.73 Å². The van der Waals surface area contributed by atoms with E-state index in [0.29, 0.717) is 5.92 Å². The Hall–Kier alpha value is -1.72. The minimum Gasteiger partial charge on any atom is -0.369 e. The van der Waals surface area contributed by atoms with E-state index in [-0.39, 0.29) is 11.8 Å². The van der Waals surface area contributed by atoms with Crippen LogP contribution in [0.2, 0.25) is 0 Å². The summed E-state index contributed by atoms with van der Waals surface area (Å²) >= 11 is 1.70. The van der Waals surface area contributed by atoms with Gasteiger partial charge in [0.15, 0.2) is 0 Å². The second kappa shape index (κ2) is 7.45. The van der Waals surface area contributed by atoms with Gasteiger partial charge in [-0.15, -0.1) is 11.3 Å². The summed E-state index contributed by atoms with van der Waals surface area (Å²) in [7, 11) is 0. The van der Waals surface area contributed by atoms with E-state index in [1.165, 1.54) is 11.1 Å². The molecule has 1 amide bonds. The Morgan fingerprint density at radius 3 is 2.54 bits per heavy atom. The van der Waals surface area contributed by atoms with E-state index in [9.17, 15) is 4.79 Å². The molecule has 0 spiro atoms. The SMILES string of the molecule is CC(C)c1ccc(-c2nc(CN3CCC(C(N)=O)CC3)cs2)cc1. The molecule has 1 aromatic carbocycles. The maximum Gasteiger partial charge on any atom is 0.220 e. The van der Waals surface area contributed by atoms with Crippen molar-refractivity contribution in [3.8, 4) is 10.6 Å². The number of aromatic nitrogens is 1. The first-order chi connectivity index (χ1) is 11.5. The Kier molecular flexibility index (Phi) is 5.31. The van der Waals surface area contributed by atoms with Crippen molar-refractivity contribution in [3.63, 3.8) is 0 Å². The van der Waals surface area contributed by atoms with Crippen LogP contribution in [-0.2, 0) is 11.3 Å². The van der Waals surface area contributed by atoms with Gasteiger partial charge in [-0.1, -0.05) is 38.1 Å². The summed E-state index contributed by atoms with van der Waals surface area (Å²) < 4.78 is 0. The molecule has 0 unspecified atom stereocenters. The first-order valence-electron chi connectivity index (χ1n) is 8.59. The molecule has 24 heavy (non-hydrogen) atoms. The Bertz CT molecular complexity index is 685. The molecular weight excluding hydrogens is 318 g/mol. The molecule has 4 nitrogen and oxygen atoms in total. The van der Waals surface area contributed by atoms with Gasteiger partial charge in [-0.05, 0) is 37.4 Å². The second-order valence-electron chi connectivity index (χ2n) is 6.87. The minimum absolute atomic E-state index is 0.0479. The normalized spacial score (nSPS) is 16.6. The Labute approximate surface area is 147 Å². The largest absolute Gasteiger partial charge is 0.369 e. The Morgan fingerprint density at radius 2 is 1.96 bits per heavy atom. The van der Waals surface area contributed by atoms with Gasteiger partial charge < -0.3 is 5.73 Å². The van der Waals surface area contributed by atoms with Gasteiger partial charge in [0.05, 0.1) is 5.69 Å². The van der Waals surface area contributed by atoms with Crippen LogP contribution >= 0.6 is 11.3 Å². The van der Waals surface area contributed by atoms with Crippen molar-refractivity contribution < 1.29 is 4.79 Å². The number of carbonyl (C=O) groups is 1. The minimum atomic E-state index is -0.157. The third kappa shape index (κ3) is 4.02. The zero-order valence-corrected chi connectivity index (χ0v) is 15.2. The number of hydrogen-bond donors (Lipinski definition) is 1. The smallest absolute Gasteiger partial charge is 0.220 e. The third-order valence-electron chi connectivity index (χ3n) is 4.75. The monoisotopic (exact) mass is 343 g/mol. The lowest BCUT2D eigenvalue weighted by atomic mass is 9.96. The summed E-state index contributed by atoms with van der Waals surface area (Å²) in [5.74, 6) is 0.441. The van der Waals surface area contributed by atoms with Crippen molar-refractivity contribution in [1.82, 2.24) is 9.88 Å². The fourth-order valence-corrected chi connectivity index (χ4v) is 3.94. The van der Waals surface area contributed by atoms with Crippen molar-refractivity contribution in [3.05, 3.63) is 40.9 Å². The average Bonchev–Trinajstić information content (AvgIpc) is 3.04. The topological polar surface area (TPSA) is 59.2 Å². The molecule has 0 radical (unpaired) electrons. The van der Waals surface area contributed by atoms with Crippen molar-refractivity contribution in [2.45, 2.75) is 39.2 Å². The van der Waals surface area contributed by atoms with Gasteiger partial charge >= 0.3 is 0 Å². The molecule has 2 aromatic rings. The number of thiazole rings is 1. The quantitative estimate of drug-likeness (QED) is 0.902. The summed E-state index contributed by atoms with van der Waals surface area (Å²) in [5, 5.41) is 3.22. The summed E-state index contributed by atoms with van der Waals surface area (Å²) in [4.78, 5) is 18.4. The van der Waals surface area contributed by atoms with Crippen LogP contribution in [0.4, 0.5) is 0 Å². The van der Waals surface area contributed by atoms with Crippen molar-refractivity contribution in [2.24, 2.45) is 11.7 Å². The molecule has 0 atom stereocenters. The summed E-state index contributed by atoms with van der Waals surface area (Å²) in [6.45, 7) is 7.11. The highest BCUT2D eigenvalue weighted by Crippen LogP contribution is 2.27. The van der Waals surface area contributed by atoms with Crippen LogP contribution in [0, 0.1) is 5.92 Å². The standard InChI is InChI=1S/C19H25N3OS/c1-13(2)14-3-5-16(6-4-14)19-21-17(12-24-19)11-22-9-7-15(8-10-22)18(20)23/h3-6,12-13,15H,7-11H2,1-2H3,(H2,20,23). The molecule has 1 aliphatic rings. The van der Waals surface area contributed by atoms with Crippen LogP contribution in [0.1, 0.15) is 43.9 Å². The summed E-state index contributed by atoms with van der Waals surface area (Å²) in [6, 6.07) is 8.71. The second-order valence-corrected chi connectivity index (χ2v) is 7.73. The summed E-state index contributed by atoms with van der Waals surface area (Å²) in [5.41, 5.74) is 9.04. The Balaban J connectivity index is 1.61. The fraction of sp³-hybridized carbons (Fsp3) is 0.474. The van der Waals surface area contributed by atoms with Crippen molar-refractivity contribution in [2.75, 3.05) is 13.1 Å². The van der Waals surface area contributed by atoms with Crippen LogP contribution in [0.25, 0.3) is 10.6 Å². The number of benzene rings is 1. The van der Waals surface area contributed by atoms with E-state index >= 15 is 0 Å². The fourth-order valence-electron chi connectivity index (χ4n) is 3.13. The van der Waals surface area contributed by atoms with Gasteiger partial charge in [0.2, 0.25) is 5.91 Å². The van der Waals surface area contributed by atoms with Crippen LogP contribution in [0.5, 0.6) is 0 Å². The molecule has 2 N–H and O–H groups in total. The molecule has 0 saturated carbocycles. The third-order valence-corrected chi connectivity index (χ3v) is 5.69. The molecular formula is C19H25N3OS. The maximum atomic E-state index is 11.2.